The van der Waals surface area contributed by atoms with Crippen LogP contribution < -0.4 is 11.1 Å². The highest BCUT2D eigenvalue weighted by atomic mass is 16.5. The zero-order chi connectivity index (χ0) is 12.2. The molecule has 16 heavy (non-hydrogen) atoms. The SMILES string of the molecule is COC(C)(C)C[C@H](C)NCc1nc(N)n[nH]1. The lowest BCUT2D eigenvalue weighted by molar-refractivity contribution is 0.00839. The number of hydrogen-bond donors (Lipinski definition) is 3. The number of methoxy groups -OCH3 is 1. The van der Waals surface area contributed by atoms with Gasteiger partial charge in [-0.3, -0.25) is 5.10 Å². The minimum Gasteiger partial charge on any atom is -0.379 e. The van der Waals surface area contributed by atoms with Gasteiger partial charge in [0, 0.05) is 13.2 Å². The summed E-state index contributed by atoms with van der Waals surface area (Å²) in [5, 5.41) is 9.85. The third kappa shape index (κ3) is 4.16. The fourth-order valence-corrected chi connectivity index (χ4v) is 1.55. The Balaban J connectivity index is 2.33. The molecular formula is C10H21N5O. The highest BCUT2D eigenvalue weighted by Gasteiger charge is 2.19. The number of hydrogen-bond acceptors (Lipinski definition) is 5. The number of aromatic nitrogens is 3. The molecule has 1 heterocycles. The molecule has 6 heteroatoms. The minimum absolute atomic E-state index is 0.118. The summed E-state index contributed by atoms with van der Waals surface area (Å²) in [6, 6.07) is 0.335. The van der Waals surface area contributed by atoms with E-state index in [2.05, 4.69) is 41.3 Å². The van der Waals surface area contributed by atoms with Crippen LogP contribution in [-0.2, 0) is 11.3 Å². The highest BCUT2D eigenvalue weighted by Crippen LogP contribution is 2.15. The summed E-state index contributed by atoms with van der Waals surface area (Å²) in [5.41, 5.74) is 5.29. The van der Waals surface area contributed by atoms with Crippen molar-refractivity contribution in [3.05, 3.63) is 5.82 Å². The molecule has 0 spiro atoms. The summed E-state index contributed by atoms with van der Waals surface area (Å²) in [6.45, 7) is 6.88. The lowest BCUT2D eigenvalue weighted by Gasteiger charge is -2.26. The maximum Gasteiger partial charge on any atom is 0.239 e. The van der Waals surface area contributed by atoms with Gasteiger partial charge in [-0.1, -0.05) is 0 Å². The Labute approximate surface area is 96.0 Å². The average Bonchev–Trinajstić information content (AvgIpc) is 2.61. The first-order chi connectivity index (χ1) is 7.43. The Morgan fingerprint density at radius 1 is 1.56 bits per heavy atom. The van der Waals surface area contributed by atoms with Gasteiger partial charge in [-0.25, -0.2) is 0 Å². The van der Waals surface area contributed by atoms with Gasteiger partial charge in [-0.2, -0.15) is 4.98 Å². The molecule has 0 saturated carbocycles. The van der Waals surface area contributed by atoms with E-state index in [9.17, 15) is 0 Å². The first kappa shape index (κ1) is 12.9. The summed E-state index contributed by atoms with van der Waals surface area (Å²) < 4.78 is 5.37. The van der Waals surface area contributed by atoms with Crippen molar-refractivity contribution in [2.75, 3.05) is 12.8 Å². The van der Waals surface area contributed by atoms with Gasteiger partial charge in [0.1, 0.15) is 5.82 Å². The normalized spacial score (nSPS) is 14.0. The average molecular weight is 227 g/mol. The molecule has 0 aliphatic carbocycles. The van der Waals surface area contributed by atoms with Crippen LogP contribution in [0.25, 0.3) is 0 Å². The Morgan fingerprint density at radius 2 is 2.25 bits per heavy atom. The molecule has 0 radical (unpaired) electrons. The van der Waals surface area contributed by atoms with Crippen LogP contribution in [0.3, 0.4) is 0 Å². The third-order valence-electron chi connectivity index (χ3n) is 2.52. The van der Waals surface area contributed by atoms with E-state index in [0.717, 1.165) is 12.2 Å². The maximum absolute atomic E-state index is 5.41. The van der Waals surface area contributed by atoms with Gasteiger partial charge < -0.3 is 15.8 Å². The second-order valence-electron chi connectivity index (χ2n) is 4.59. The number of H-pyrrole nitrogens is 1. The van der Waals surface area contributed by atoms with Gasteiger partial charge in [0.2, 0.25) is 5.95 Å². The molecule has 0 amide bonds. The molecule has 6 nitrogen and oxygen atoms in total. The predicted octanol–water partition coefficient (Wildman–Crippen LogP) is 0.680. The third-order valence-corrected chi connectivity index (χ3v) is 2.52. The first-order valence-corrected chi connectivity index (χ1v) is 5.38. The van der Waals surface area contributed by atoms with Crippen LogP contribution in [0.15, 0.2) is 0 Å². The van der Waals surface area contributed by atoms with Gasteiger partial charge >= 0.3 is 0 Å². The Bertz CT molecular complexity index is 323. The fourth-order valence-electron chi connectivity index (χ4n) is 1.55. The Morgan fingerprint density at radius 3 is 2.75 bits per heavy atom. The summed E-state index contributed by atoms with van der Waals surface area (Å²) in [4.78, 5) is 4.02. The largest absolute Gasteiger partial charge is 0.379 e. The molecule has 0 aliphatic heterocycles. The molecule has 1 atom stereocenters. The summed E-state index contributed by atoms with van der Waals surface area (Å²) >= 11 is 0. The molecule has 92 valence electrons. The van der Waals surface area contributed by atoms with Crippen LogP contribution in [0.2, 0.25) is 0 Å². The molecule has 0 aliphatic rings. The second kappa shape index (κ2) is 5.27. The van der Waals surface area contributed by atoms with Crippen molar-refractivity contribution in [1.29, 1.82) is 0 Å². The van der Waals surface area contributed by atoms with E-state index in [-0.39, 0.29) is 11.5 Å². The number of ether oxygens (including phenoxy) is 1. The van der Waals surface area contributed by atoms with Crippen molar-refractivity contribution in [3.63, 3.8) is 0 Å². The van der Waals surface area contributed by atoms with Crippen LogP contribution in [0, 0.1) is 0 Å². The number of nitrogens with one attached hydrogen (secondary N) is 2. The molecule has 0 bridgehead atoms. The van der Waals surface area contributed by atoms with E-state index >= 15 is 0 Å². The van der Waals surface area contributed by atoms with E-state index < -0.39 is 0 Å². The molecule has 0 fully saturated rings. The number of nitrogens with two attached hydrogens (primary N) is 1. The molecule has 1 aromatic rings. The zero-order valence-electron chi connectivity index (χ0n) is 10.4. The van der Waals surface area contributed by atoms with Crippen molar-refractivity contribution in [2.24, 2.45) is 0 Å². The first-order valence-electron chi connectivity index (χ1n) is 5.38. The quantitative estimate of drug-likeness (QED) is 0.665. The molecule has 4 N–H and O–H groups in total. The van der Waals surface area contributed by atoms with Crippen molar-refractivity contribution in [1.82, 2.24) is 20.5 Å². The molecule has 0 saturated heterocycles. The number of aromatic amines is 1. The molecule has 1 aromatic heterocycles. The van der Waals surface area contributed by atoms with Crippen LogP contribution in [0.4, 0.5) is 5.95 Å². The van der Waals surface area contributed by atoms with Crippen LogP contribution >= 0.6 is 0 Å². The Hall–Kier alpha value is -1.14. The molecule has 0 unspecified atom stereocenters. The van der Waals surface area contributed by atoms with Crippen LogP contribution in [-0.4, -0.2) is 33.9 Å². The van der Waals surface area contributed by atoms with Crippen molar-refractivity contribution >= 4 is 5.95 Å². The van der Waals surface area contributed by atoms with Gasteiger partial charge in [0.25, 0.3) is 0 Å². The smallest absolute Gasteiger partial charge is 0.239 e. The van der Waals surface area contributed by atoms with Gasteiger partial charge in [-0.05, 0) is 27.2 Å². The predicted molar refractivity (Wildman–Crippen MR) is 62.8 cm³/mol. The number of rotatable bonds is 6. The minimum atomic E-state index is -0.118. The standard InChI is InChI=1S/C10H21N5O/c1-7(5-10(2,3)16-4)12-6-8-13-9(11)15-14-8/h7,12H,5-6H2,1-4H3,(H3,11,13,14,15)/t7-/m0/s1. The monoisotopic (exact) mass is 227 g/mol. The summed E-state index contributed by atoms with van der Waals surface area (Å²) in [5.74, 6) is 1.03. The Kier molecular flexibility index (Phi) is 4.26. The second-order valence-corrected chi connectivity index (χ2v) is 4.59. The summed E-state index contributed by atoms with van der Waals surface area (Å²) in [7, 11) is 1.73. The number of nitrogens with zero attached hydrogens (tertiary/aromatic N) is 2. The van der Waals surface area contributed by atoms with Crippen molar-refractivity contribution in [2.45, 2.75) is 45.4 Å². The fraction of sp³-hybridized carbons (Fsp3) is 0.800. The zero-order valence-corrected chi connectivity index (χ0v) is 10.4. The van der Waals surface area contributed by atoms with E-state index in [1.165, 1.54) is 0 Å². The molecule has 1 rings (SSSR count). The highest BCUT2D eigenvalue weighted by molar-refractivity contribution is 5.12. The summed E-state index contributed by atoms with van der Waals surface area (Å²) in [6.07, 6.45) is 0.924. The number of nitrogen functional groups attached to an aromatic ring is 1. The van der Waals surface area contributed by atoms with Crippen molar-refractivity contribution < 1.29 is 4.74 Å². The van der Waals surface area contributed by atoms with E-state index in [1.54, 1.807) is 7.11 Å². The number of anilines is 1. The van der Waals surface area contributed by atoms with Crippen LogP contribution in [0.5, 0.6) is 0 Å². The van der Waals surface area contributed by atoms with E-state index in [4.69, 9.17) is 10.5 Å². The van der Waals surface area contributed by atoms with Crippen LogP contribution in [0.1, 0.15) is 33.0 Å². The topological polar surface area (TPSA) is 88.8 Å². The van der Waals surface area contributed by atoms with E-state index in [1.807, 2.05) is 0 Å². The lowest BCUT2D eigenvalue weighted by Crippen LogP contribution is -2.35. The lowest BCUT2D eigenvalue weighted by atomic mass is 10.00. The van der Waals surface area contributed by atoms with Crippen molar-refractivity contribution in [3.8, 4) is 0 Å². The van der Waals surface area contributed by atoms with Gasteiger partial charge in [0.15, 0.2) is 0 Å². The molecule has 0 aromatic carbocycles. The van der Waals surface area contributed by atoms with Gasteiger partial charge in [0.05, 0.1) is 12.1 Å². The van der Waals surface area contributed by atoms with Gasteiger partial charge in [-0.15, -0.1) is 5.10 Å². The van der Waals surface area contributed by atoms with E-state index in [0.29, 0.717) is 12.6 Å². The molecular weight excluding hydrogens is 206 g/mol. The maximum atomic E-state index is 5.41.